The first-order valence-corrected chi connectivity index (χ1v) is 7.63. The number of hydrogen-bond donors (Lipinski definition) is 1. The first-order valence-electron chi connectivity index (χ1n) is 7.63. The van der Waals surface area contributed by atoms with Gasteiger partial charge in [0.2, 0.25) is 0 Å². The molecule has 1 saturated heterocycles. The van der Waals surface area contributed by atoms with Crippen molar-refractivity contribution in [1.82, 2.24) is 9.80 Å². The van der Waals surface area contributed by atoms with Crippen LogP contribution in [0.15, 0.2) is 18.2 Å². The van der Waals surface area contributed by atoms with E-state index in [0.29, 0.717) is 0 Å². The number of hydrogen-bond acceptors (Lipinski definition) is 6. The molecule has 0 aliphatic carbocycles. The summed E-state index contributed by atoms with van der Waals surface area (Å²) in [4.78, 5) is 17.3. The van der Waals surface area contributed by atoms with Gasteiger partial charge in [-0.2, -0.15) is 0 Å². The predicted molar refractivity (Wildman–Crippen MR) is 89.3 cm³/mol. The highest BCUT2D eigenvalue weighted by molar-refractivity contribution is 5.66. The summed E-state index contributed by atoms with van der Waals surface area (Å²) in [5.41, 5.74) is 6.95. The second kappa shape index (κ2) is 7.42. The minimum Gasteiger partial charge on any atom is -0.393 e. The highest BCUT2D eigenvalue weighted by Crippen LogP contribution is 2.27. The van der Waals surface area contributed by atoms with Gasteiger partial charge in [-0.05, 0) is 45.7 Å². The highest BCUT2D eigenvalue weighted by atomic mass is 16.6. The van der Waals surface area contributed by atoms with Gasteiger partial charge < -0.3 is 15.5 Å². The summed E-state index contributed by atoms with van der Waals surface area (Å²) >= 11 is 0. The van der Waals surface area contributed by atoms with Gasteiger partial charge in [0.15, 0.2) is 0 Å². The number of nitro benzene ring substituents is 1. The van der Waals surface area contributed by atoms with Crippen molar-refractivity contribution in [2.24, 2.45) is 0 Å². The van der Waals surface area contributed by atoms with Crippen LogP contribution in [0.4, 0.5) is 17.1 Å². The van der Waals surface area contributed by atoms with Gasteiger partial charge in [0.25, 0.3) is 5.69 Å². The number of nitrogens with two attached hydrogens (primary N) is 1. The van der Waals surface area contributed by atoms with Gasteiger partial charge in [-0.1, -0.05) is 0 Å². The average molecular weight is 307 g/mol. The van der Waals surface area contributed by atoms with E-state index in [0.717, 1.165) is 45.0 Å². The van der Waals surface area contributed by atoms with Gasteiger partial charge in [0.1, 0.15) is 5.69 Å². The SMILES string of the molecule is CN(C)CCCN1CCN(c2ccc([N+](=O)[O-])c(N)c2)CC1. The van der Waals surface area contributed by atoms with Crippen LogP contribution in [0.25, 0.3) is 0 Å². The molecule has 0 saturated carbocycles. The molecule has 7 heteroatoms. The molecule has 7 nitrogen and oxygen atoms in total. The van der Waals surface area contributed by atoms with Gasteiger partial charge >= 0.3 is 0 Å². The number of nitro groups is 1. The van der Waals surface area contributed by atoms with Crippen molar-refractivity contribution in [3.05, 3.63) is 28.3 Å². The number of nitrogen functional groups attached to an aromatic ring is 1. The number of piperazine rings is 1. The molecule has 1 aromatic rings. The maximum atomic E-state index is 10.8. The molecule has 122 valence electrons. The molecule has 0 radical (unpaired) electrons. The first kappa shape index (κ1) is 16.5. The molecule has 0 aromatic heterocycles. The molecule has 1 aliphatic heterocycles. The van der Waals surface area contributed by atoms with Crippen molar-refractivity contribution in [2.45, 2.75) is 6.42 Å². The summed E-state index contributed by atoms with van der Waals surface area (Å²) in [7, 11) is 4.19. The van der Waals surface area contributed by atoms with E-state index in [1.807, 2.05) is 0 Å². The number of rotatable bonds is 6. The van der Waals surface area contributed by atoms with Crippen molar-refractivity contribution < 1.29 is 4.92 Å². The average Bonchev–Trinajstić information content (AvgIpc) is 2.47. The number of nitrogens with zero attached hydrogens (tertiary/aromatic N) is 4. The smallest absolute Gasteiger partial charge is 0.292 e. The zero-order chi connectivity index (χ0) is 16.1. The molecule has 0 bridgehead atoms. The van der Waals surface area contributed by atoms with Crippen molar-refractivity contribution >= 4 is 17.1 Å². The quantitative estimate of drug-likeness (QED) is 0.484. The van der Waals surface area contributed by atoms with Crippen LogP contribution in [0.5, 0.6) is 0 Å². The predicted octanol–water partition coefficient (Wildman–Crippen LogP) is 1.25. The Bertz CT molecular complexity index is 513. The minimum atomic E-state index is -0.443. The molecule has 1 fully saturated rings. The molecule has 1 heterocycles. The molecule has 22 heavy (non-hydrogen) atoms. The van der Waals surface area contributed by atoms with E-state index in [1.54, 1.807) is 12.1 Å². The van der Waals surface area contributed by atoms with Crippen LogP contribution in [-0.2, 0) is 0 Å². The third-order valence-corrected chi connectivity index (χ3v) is 4.02. The lowest BCUT2D eigenvalue weighted by Gasteiger charge is -2.36. The Morgan fingerprint density at radius 1 is 1.27 bits per heavy atom. The lowest BCUT2D eigenvalue weighted by molar-refractivity contribution is -0.383. The van der Waals surface area contributed by atoms with Crippen LogP contribution in [0.3, 0.4) is 0 Å². The fourth-order valence-corrected chi connectivity index (χ4v) is 2.75. The summed E-state index contributed by atoms with van der Waals surface area (Å²) in [6.45, 7) is 6.13. The Labute approximate surface area is 131 Å². The Balaban J connectivity index is 1.86. The fourth-order valence-electron chi connectivity index (χ4n) is 2.75. The van der Waals surface area contributed by atoms with Gasteiger partial charge in [-0.3, -0.25) is 15.0 Å². The maximum absolute atomic E-state index is 10.8. The Hall–Kier alpha value is -1.86. The third-order valence-electron chi connectivity index (χ3n) is 4.02. The molecule has 2 rings (SSSR count). The molecule has 0 atom stereocenters. The Morgan fingerprint density at radius 3 is 2.50 bits per heavy atom. The zero-order valence-electron chi connectivity index (χ0n) is 13.4. The van der Waals surface area contributed by atoms with Gasteiger partial charge in [-0.15, -0.1) is 0 Å². The molecule has 1 aromatic carbocycles. The minimum absolute atomic E-state index is 0.0222. The maximum Gasteiger partial charge on any atom is 0.292 e. The van der Waals surface area contributed by atoms with Crippen LogP contribution >= 0.6 is 0 Å². The molecule has 0 unspecified atom stereocenters. The van der Waals surface area contributed by atoms with Crippen molar-refractivity contribution in [2.75, 3.05) is 64.0 Å². The fraction of sp³-hybridized carbons (Fsp3) is 0.600. The Morgan fingerprint density at radius 2 is 1.95 bits per heavy atom. The molecule has 1 aliphatic rings. The van der Waals surface area contributed by atoms with E-state index in [1.165, 1.54) is 12.5 Å². The molecular weight excluding hydrogens is 282 g/mol. The summed E-state index contributed by atoms with van der Waals surface area (Å²) in [5.74, 6) is 0. The molecular formula is C15H25N5O2. The van der Waals surface area contributed by atoms with Gasteiger partial charge in [0.05, 0.1) is 4.92 Å². The van der Waals surface area contributed by atoms with E-state index in [2.05, 4.69) is 28.8 Å². The van der Waals surface area contributed by atoms with E-state index in [-0.39, 0.29) is 11.4 Å². The van der Waals surface area contributed by atoms with E-state index in [9.17, 15) is 10.1 Å². The van der Waals surface area contributed by atoms with Crippen LogP contribution in [0.1, 0.15) is 6.42 Å². The van der Waals surface area contributed by atoms with Crippen LogP contribution < -0.4 is 10.6 Å². The van der Waals surface area contributed by atoms with Gasteiger partial charge in [0, 0.05) is 37.9 Å². The van der Waals surface area contributed by atoms with E-state index < -0.39 is 4.92 Å². The van der Waals surface area contributed by atoms with Crippen molar-refractivity contribution in [3.8, 4) is 0 Å². The monoisotopic (exact) mass is 307 g/mol. The second-order valence-electron chi connectivity index (χ2n) is 5.99. The summed E-state index contributed by atoms with van der Waals surface area (Å²) in [6, 6.07) is 4.99. The third kappa shape index (κ3) is 4.32. The highest BCUT2D eigenvalue weighted by Gasteiger charge is 2.19. The lowest BCUT2D eigenvalue weighted by Crippen LogP contribution is -2.47. The zero-order valence-corrected chi connectivity index (χ0v) is 13.4. The molecule has 0 amide bonds. The van der Waals surface area contributed by atoms with Crippen LogP contribution in [-0.4, -0.2) is 68.1 Å². The number of anilines is 2. The summed E-state index contributed by atoms with van der Waals surface area (Å²) in [6.07, 6.45) is 1.18. The van der Waals surface area contributed by atoms with Crippen LogP contribution in [0, 0.1) is 10.1 Å². The molecule has 2 N–H and O–H groups in total. The first-order chi connectivity index (χ1) is 10.5. The lowest BCUT2D eigenvalue weighted by atomic mass is 10.2. The number of benzene rings is 1. The summed E-state index contributed by atoms with van der Waals surface area (Å²) in [5, 5.41) is 10.8. The van der Waals surface area contributed by atoms with Crippen molar-refractivity contribution in [1.29, 1.82) is 0 Å². The van der Waals surface area contributed by atoms with Crippen molar-refractivity contribution in [3.63, 3.8) is 0 Å². The topological polar surface area (TPSA) is 78.9 Å². The van der Waals surface area contributed by atoms with E-state index in [4.69, 9.17) is 5.73 Å². The van der Waals surface area contributed by atoms with Gasteiger partial charge in [-0.25, -0.2) is 0 Å². The normalized spacial score (nSPS) is 16.2. The Kier molecular flexibility index (Phi) is 5.57. The standard InChI is InChI=1S/C15H25N5O2/c1-17(2)6-3-7-18-8-10-19(11-9-18)13-4-5-15(20(21)22)14(16)12-13/h4-5,12H,3,6-11,16H2,1-2H3. The largest absolute Gasteiger partial charge is 0.393 e. The van der Waals surface area contributed by atoms with Crippen LogP contribution in [0.2, 0.25) is 0 Å². The second-order valence-corrected chi connectivity index (χ2v) is 5.99. The van der Waals surface area contributed by atoms with E-state index >= 15 is 0 Å². The summed E-state index contributed by atoms with van der Waals surface area (Å²) < 4.78 is 0. The molecule has 0 spiro atoms.